The Kier molecular flexibility index (Phi) is 23.7. The van der Waals surface area contributed by atoms with Gasteiger partial charge in [0.2, 0.25) is 11.8 Å². The molecule has 9 rings (SSSR count). The van der Waals surface area contributed by atoms with Crippen molar-refractivity contribution in [1.29, 1.82) is 0 Å². The Morgan fingerprint density at radius 2 is 1.01 bits per heavy atom. The van der Waals surface area contributed by atoms with Crippen molar-refractivity contribution in [2.24, 2.45) is 11.8 Å². The van der Waals surface area contributed by atoms with E-state index >= 15 is 0 Å². The number of ether oxygens (including phenoxy) is 6. The van der Waals surface area contributed by atoms with E-state index in [-0.39, 0.29) is 24.1 Å². The van der Waals surface area contributed by atoms with Gasteiger partial charge in [0, 0.05) is 29.4 Å². The number of methoxy groups -OCH3 is 2. The second-order valence-corrected chi connectivity index (χ2v) is 23.1. The summed E-state index contributed by atoms with van der Waals surface area (Å²) in [5.74, 6) is 6.50. The number of carbonyl (C=O) groups excluding carboxylic acids is 3. The maximum absolute atomic E-state index is 12.5. The molecule has 0 spiro atoms. The SMILES string of the molecule is CCOC(=O)C=CCC1CCCC(OCc2nc(-c3cccc(OC)c3)oc2C)C1.CCOC(=O)C=P(c1ccccc1)(c1ccccc1)c1ccccc1.COc1cccc(-c2nc(COC3CCCC(CC=O)C3)c(C)o2)c1. The van der Waals surface area contributed by atoms with Crippen molar-refractivity contribution in [3.8, 4) is 34.4 Å². The summed E-state index contributed by atoms with van der Waals surface area (Å²) >= 11 is 0. The van der Waals surface area contributed by atoms with E-state index in [9.17, 15) is 14.4 Å². The number of aldehydes is 1. The minimum Gasteiger partial charge on any atom is -0.497 e. The lowest BCUT2D eigenvalue weighted by Gasteiger charge is -2.28. The largest absolute Gasteiger partial charge is 0.497 e. The molecule has 5 aromatic carbocycles. The number of nitrogens with zero attached hydrogens (tertiary/aromatic N) is 2. The normalized spacial score (nSPS) is 17.0. The summed E-state index contributed by atoms with van der Waals surface area (Å²) in [6, 6.07) is 46.1. The molecule has 0 aliphatic heterocycles. The first-order valence-corrected chi connectivity index (χ1v) is 29.7. The monoisotopic (exact) mass is 1100 g/mol. The number of allylic oxidation sites excluding steroid dienone is 1. The van der Waals surface area contributed by atoms with Crippen LogP contribution in [0.2, 0.25) is 0 Å². The fourth-order valence-electron chi connectivity index (χ4n) is 10.2. The Labute approximate surface area is 472 Å². The van der Waals surface area contributed by atoms with Gasteiger partial charge in [-0.15, -0.1) is 0 Å². The van der Waals surface area contributed by atoms with Gasteiger partial charge in [0.15, 0.2) is 0 Å². The highest BCUT2D eigenvalue weighted by Gasteiger charge is 2.28. The fraction of sp³-hybridized carbons (Fsp3) is 0.364. The molecule has 0 radical (unpaired) electrons. The molecule has 0 saturated heterocycles. The summed E-state index contributed by atoms with van der Waals surface area (Å²) < 4.78 is 44.6. The maximum Gasteiger partial charge on any atom is 0.331 e. The summed E-state index contributed by atoms with van der Waals surface area (Å²) in [5, 5.41) is 3.42. The van der Waals surface area contributed by atoms with Crippen molar-refractivity contribution in [3.63, 3.8) is 0 Å². The number of aryl methyl sites for hydroxylation is 2. The Bertz CT molecular complexity index is 3000. The van der Waals surface area contributed by atoms with Crippen molar-refractivity contribution in [2.45, 2.75) is 117 Å². The molecule has 2 saturated carbocycles. The second-order valence-electron chi connectivity index (χ2n) is 19.8. The molecule has 2 aromatic heterocycles. The molecule has 0 N–H and O–H groups in total. The van der Waals surface area contributed by atoms with E-state index < -0.39 is 6.89 Å². The van der Waals surface area contributed by atoms with Crippen LogP contribution < -0.4 is 25.4 Å². The lowest BCUT2D eigenvalue weighted by molar-refractivity contribution is -0.137. The van der Waals surface area contributed by atoms with Crippen LogP contribution in [0, 0.1) is 25.7 Å². The molecule has 4 unspecified atom stereocenters. The molecular formula is C66H77N2O11P. The molecule has 13 nitrogen and oxygen atoms in total. The first kappa shape index (κ1) is 60.3. The van der Waals surface area contributed by atoms with Gasteiger partial charge >= 0.3 is 11.9 Å². The smallest absolute Gasteiger partial charge is 0.331 e. The van der Waals surface area contributed by atoms with Gasteiger partial charge in [0.25, 0.3) is 0 Å². The standard InChI is InChI=1S/C24H31NO5.C22H21O2P.C20H25NO4/c1-4-28-23(26)13-6-9-18-8-5-12-21(14-18)29-16-22-17(2)30-24(25-22)19-10-7-11-20(15-19)27-3;1-2-24-22(23)18-25(19-12-6-3-7-13-19,20-14-8-4-9-15-20)21-16-10-5-11-17-21;1-14-19(13-24-18-8-3-5-15(11-18)9-10-22)21-20(25-14)16-6-4-7-17(12-16)23-2/h6-7,10-11,13,15,18,21H,4-5,8-9,12,14,16H2,1-3H3;3-18H,2H2,1H3;4,6-7,10,12,15,18H,3,5,8-9,11,13H2,1-2H3. The Balaban J connectivity index is 0.000000174. The number of hydrogen-bond donors (Lipinski definition) is 0. The van der Waals surface area contributed by atoms with Crippen LogP contribution in [-0.2, 0) is 46.5 Å². The Morgan fingerprint density at radius 1 is 0.575 bits per heavy atom. The van der Waals surface area contributed by atoms with E-state index in [4.69, 9.17) is 37.3 Å². The van der Waals surface area contributed by atoms with Gasteiger partial charge in [0.1, 0.15) is 40.7 Å². The molecular weight excluding hydrogens is 1030 g/mol. The third-order valence-corrected chi connectivity index (χ3v) is 18.3. The quantitative estimate of drug-likeness (QED) is 0.0290. The predicted molar refractivity (Wildman–Crippen MR) is 316 cm³/mol. The molecule has 4 atom stereocenters. The predicted octanol–water partition coefficient (Wildman–Crippen LogP) is 12.9. The van der Waals surface area contributed by atoms with E-state index in [0.29, 0.717) is 56.5 Å². The zero-order valence-corrected chi connectivity index (χ0v) is 48.0. The van der Waals surface area contributed by atoms with Gasteiger partial charge in [-0.3, -0.25) is 0 Å². The number of aromatic nitrogens is 2. The van der Waals surface area contributed by atoms with E-state index in [2.05, 4.69) is 46.4 Å². The van der Waals surface area contributed by atoms with E-state index in [1.165, 1.54) is 6.08 Å². The molecule has 0 bridgehead atoms. The molecule has 14 heteroatoms. The zero-order chi connectivity index (χ0) is 56.5. The molecule has 0 amide bonds. The fourth-order valence-corrected chi connectivity index (χ4v) is 13.8. The molecule has 2 aliphatic carbocycles. The van der Waals surface area contributed by atoms with Crippen molar-refractivity contribution >= 4 is 46.8 Å². The van der Waals surface area contributed by atoms with Crippen LogP contribution in [0.1, 0.15) is 101 Å². The van der Waals surface area contributed by atoms with Crippen LogP contribution in [0.4, 0.5) is 0 Å². The number of rotatable bonds is 21. The maximum atomic E-state index is 12.5. The van der Waals surface area contributed by atoms with Crippen molar-refractivity contribution < 1.29 is 51.6 Å². The Hall–Kier alpha value is -7.31. The minimum absolute atomic E-state index is 0.204. The first-order chi connectivity index (χ1) is 39.0. The number of benzene rings is 5. The van der Waals surface area contributed by atoms with Gasteiger partial charge in [0.05, 0.1) is 52.9 Å². The van der Waals surface area contributed by atoms with Crippen LogP contribution in [0.3, 0.4) is 0 Å². The van der Waals surface area contributed by atoms with E-state index in [0.717, 1.165) is 126 Å². The van der Waals surface area contributed by atoms with Crippen molar-refractivity contribution in [3.05, 3.63) is 175 Å². The molecule has 2 fully saturated rings. The van der Waals surface area contributed by atoms with Crippen LogP contribution in [0.15, 0.2) is 161 Å². The summed E-state index contributed by atoms with van der Waals surface area (Å²) in [7, 11) is 3.28. The molecule has 80 heavy (non-hydrogen) atoms. The van der Waals surface area contributed by atoms with Crippen LogP contribution >= 0.6 is 6.89 Å². The average Bonchev–Trinajstić information content (AvgIpc) is 4.12. The third-order valence-electron chi connectivity index (χ3n) is 14.3. The summed E-state index contributed by atoms with van der Waals surface area (Å²) in [5.41, 5.74) is 3.43. The zero-order valence-electron chi connectivity index (χ0n) is 47.1. The minimum atomic E-state index is -2.24. The number of esters is 2. The number of hydrogen-bond acceptors (Lipinski definition) is 13. The number of carbonyl (C=O) groups is 3. The van der Waals surface area contributed by atoms with Gasteiger partial charge in [-0.2, -0.15) is 0 Å². The summed E-state index contributed by atoms with van der Waals surface area (Å²) in [4.78, 5) is 43.9. The highest BCUT2D eigenvalue weighted by molar-refractivity contribution is 7.95. The second kappa shape index (κ2) is 31.5. The van der Waals surface area contributed by atoms with Gasteiger partial charge in [-0.25, -0.2) is 19.6 Å². The summed E-state index contributed by atoms with van der Waals surface area (Å²) in [6.07, 6.45) is 15.0. The molecule has 422 valence electrons. The van der Waals surface area contributed by atoms with E-state index in [1.807, 2.05) is 137 Å². The Morgan fingerprint density at radius 3 is 1.44 bits per heavy atom. The lowest BCUT2D eigenvalue weighted by Crippen LogP contribution is -2.29. The van der Waals surface area contributed by atoms with E-state index in [1.54, 1.807) is 20.0 Å². The lowest BCUT2D eigenvalue weighted by atomic mass is 9.85. The highest BCUT2D eigenvalue weighted by atomic mass is 31.2. The van der Waals surface area contributed by atoms with Crippen LogP contribution in [0.5, 0.6) is 11.5 Å². The average molecular weight is 1110 g/mol. The number of oxazole rings is 2. The highest BCUT2D eigenvalue weighted by Crippen LogP contribution is 2.43. The summed E-state index contributed by atoms with van der Waals surface area (Å²) in [6.45, 7) is 6.89. The van der Waals surface area contributed by atoms with Gasteiger partial charge in [-0.1, -0.05) is 122 Å². The molecule has 2 aliphatic rings. The topological polar surface area (TPSA) is 159 Å². The molecule has 7 aromatic rings. The van der Waals surface area contributed by atoms with Gasteiger partial charge in [-0.05, 0) is 144 Å². The van der Waals surface area contributed by atoms with Crippen LogP contribution in [-0.4, -0.2) is 73.6 Å². The molecule has 2 heterocycles. The first-order valence-electron chi connectivity index (χ1n) is 27.8. The van der Waals surface area contributed by atoms with Crippen molar-refractivity contribution in [1.82, 2.24) is 9.97 Å². The van der Waals surface area contributed by atoms with Crippen LogP contribution in [0.25, 0.3) is 22.9 Å². The van der Waals surface area contributed by atoms with Gasteiger partial charge < -0.3 is 42.1 Å². The third kappa shape index (κ3) is 17.3. The van der Waals surface area contributed by atoms with Crippen molar-refractivity contribution in [2.75, 3.05) is 27.4 Å².